The lowest BCUT2D eigenvalue weighted by Crippen LogP contribution is -2.44. The van der Waals surface area contributed by atoms with Gasteiger partial charge in [0.15, 0.2) is 5.96 Å². The van der Waals surface area contributed by atoms with E-state index in [-0.39, 0.29) is 0 Å². The van der Waals surface area contributed by atoms with Gasteiger partial charge in [0.1, 0.15) is 5.82 Å². The van der Waals surface area contributed by atoms with Crippen molar-refractivity contribution in [2.75, 3.05) is 55.7 Å². The summed E-state index contributed by atoms with van der Waals surface area (Å²) in [6.07, 6.45) is 2.91. The quantitative estimate of drug-likeness (QED) is 0.529. The maximum absolute atomic E-state index is 6.17. The molecule has 3 heterocycles. The predicted molar refractivity (Wildman–Crippen MR) is 127 cm³/mol. The van der Waals surface area contributed by atoms with Crippen molar-refractivity contribution in [2.24, 2.45) is 4.99 Å². The molecular weight excluding hydrogens is 412 g/mol. The van der Waals surface area contributed by atoms with Gasteiger partial charge >= 0.3 is 0 Å². The standard InChI is InChI=1S/C23H31ClN6O/c1-2-25-23(28-20-8-10-30(17-20)21-7-3-6-19(24)15-21)27-16-18-5-4-9-26-22(18)29-11-13-31-14-12-29/h3-7,9,15,20H,2,8,10-14,16-17H2,1H3,(H2,25,27,28). The highest BCUT2D eigenvalue weighted by atomic mass is 35.5. The van der Waals surface area contributed by atoms with Crippen LogP contribution in [0, 0.1) is 0 Å². The van der Waals surface area contributed by atoms with Crippen molar-refractivity contribution in [1.82, 2.24) is 15.6 Å². The van der Waals surface area contributed by atoms with E-state index in [2.05, 4.69) is 44.5 Å². The van der Waals surface area contributed by atoms with Crippen LogP contribution in [0.1, 0.15) is 18.9 Å². The van der Waals surface area contributed by atoms with Crippen molar-refractivity contribution in [2.45, 2.75) is 25.9 Å². The number of rotatable bonds is 6. The van der Waals surface area contributed by atoms with Gasteiger partial charge in [-0.15, -0.1) is 0 Å². The number of ether oxygens (including phenoxy) is 1. The van der Waals surface area contributed by atoms with Gasteiger partial charge in [0, 0.05) is 61.2 Å². The fraction of sp³-hybridized carbons (Fsp3) is 0.478. The van der Waals surface area contributed by atoms with E-state index in [0.717, 1.165) is 74.7 Å². The summed E-state index contributed by atoms with van der Waals surface area (Å²) in [5.74, 6) is 1.86. The molecule has 0 aliphatic carbocycles. The van der Waals surface area contributed by atoms with Gasteiger partial charge < -0.3 is 25.2 Å². The predicted octanol–water partition coefficient (Wildman–Crippen LogP) is 2.91. The van der Waals surface area contributed by atoms with Crippen molar-refractivity contribution >= 4 is 29.1 Å². The fourth-order valence-electron chi connectivity index (χ4n) is 4.08. The number of nitrogens with one attached hydrogen (secondary N) is 2. The molecule has 1 aromatic heterocycles. The average Bonchev–Trinajstić information content (AvgIpc) is 3.27. The van der Waals surface area contributed by atoms with E-state index < -0.39 is 0 Å². The second kappa shape index (κ2) is 10.7. The van der Waals surface area contributed by atoms with Crippen LogP contribution in [-0.2, 0) is 11.3 Å². The van der Waals surface area contributed by atoms with E-state index in [9.17, 15) is 0 Å². The third-order valence-corrected chi connectivity index (χ3v) is 5.87. The number of guanidine groups is 1. The Morgan fingerprint density at radius 1 is 1.19 bits per heavy atom. The Morgan fingerprint density at radius 2 is 2.06 bits per heavy atom. The van der Waals surface area contributed by atoms with E-state index in [1.54, 1.807) is 0 Å². The molecule has 31 heavy (non-hydrogen) atoms. The Labute approximate surface area is 189 Å². The molecule has 0 bridgehead atoms. The van der Waals surface area contributed by atoms with Crippen molar-refractivity contribution in [3.63, 3.8) is 0 Å². The fourth-order valence-corrected chi connectivity index (χ4v) is 4.26. The van der Waals surface area contributed by atoms with Crippen LogP contribution in [0.3, 0.4) is 0 Å². The number of halogens is 1. The smallest absolute Gasteiger partial charge is 0.191 e. The number of benzene rings is 1. The minimum absolute atomic E-state index is 0.337. The summed E-state index contributed by atoms with van der Waals surface area (Å²) in [6.45, 7) is 8.65. The Kier molecular flexibility index (Phi) is 7.48. The third kappa shape index (κ3) is 5.80. The summed E-state index contributed by atoms with van der Waals surface area (Å²) in [5, 5.41) is 7.77. The molecule has 2 saturated heterocycles. The molecule has 2 aliphatic heterocycles. The number of aromatic nitrogens is 1. The molecule has 0 spiro atoms. The number of nitrogens with zero attached hydrogens (tertiary/aromatic N) is 4. The van der Waals surface area contributed by atoms with Crippen molar-refractivity contribution < 1.29 is 4.74 Å². The first-order valence-corrected chi connectivity index (χ1v) is 11.4. The van der Waals surface area contributed by atoms with Gasteiger partial charge in [-0.1, -0.05) is 23.7 Å². The van der Waals surface area contributed by atoms with E-state index in [1.807, 2.05) is 30.5 Å². The van der Waals surface area contributed by atoms with Crippen LogP contribution in [0.5, 0.6) is 0 Å². The Balaban J connectivity index is 1.40. The lowest BCUT2D eigenvalue weighted by Gasteiger charge is -2.29. The molecule has 2 aromatic rings. The molecule has 2 fully saturated rings. The van der Waals surface area contributed by atoms with E-state index in [4.69, 9.17) is 21.3 Å². The molecule has 0 amide bonds. The van der Waals surface area contributed by atoms with Crippen LogP contribution >= 0.6 is 11.6 Å². The Bertz CT molecular complexity index is 886. The van der Waals surface area contributed by atoms with Crippen LogP contribution in [0.15, 0.2) is 47.6 Å². The van der Waals surface area contributed by atoms with Gasteiger partial charge in [-0.3, -0.25) is 0 Å². The first-order chi connectivity index (χ1) is 15.2. The maximum Gasteiger partial charge on any atom is 0.191 e. The van der Waals surface area contributed by atoms with Crippen LogP contribution in [0.2, 0.25) is 5.02 Å². The van der Waals surface area contributed by atoms with E-state index >= 15 is 0 Å². The Hall–Kier alpha value is -2.51. The van der Waals surface area contributed by atoms with Crippen LogP contribution in [0.4, 0.5) is 11.5 Å². The normalized spacial score (nSPS) is 19.5. The molecular formula is C23H31ClN6O. The van der Waals surface area contributed by atoms with Crippen molar-refractivity contribution in [1.29, 1.82) is 0 Å². The van der Waals surface area contributed by atoms with Gasteiger partial charge in [-0.2, -0.15) is 0 Å². The van der Waals surface area contributed by atoms with Crippen LogP contribution in [-0.4, -0.2) is 62.9 Å². The Morgan fingerprint density at radius 3 is 2.87 bits per heavy atom. The summed E-state index contributed by atoms with van der Waals surface area (Å²) < 4.78 is 5.48. The highest BCUT2D eigenvalue weighted by Crippen LogP contribution is 2.23. The van der Waals surface area contributed by atoms with Gasteiger partial charge in [-0.25, -0.2) is 9.98 Å². The van der Waals surface area contributed by atoms with E-state index in [1.165, 1.54) is 5.69 Å². The molecule has 166 valence electrons. The molecule has 1 unspecified atom stereocenters. The van der Waals surface area contributed by atoms with Gasteiger partial charge in [0.05, 0.1) is 19.8 Å². The SMILES string of the molecule is CCNC(=NCc1cccnc1N1CCOCC1)NC1CCN(c2cccc(Cl)c2)C1. The molecule has 1 atom stereocenters. The number of anilines is 2. The number of hydrogen-bond donors (Lipinski definition) is 2. The van der Waals surface area contributed by atoms with Gasteiger partial charge in [-0.05, 0) is 37.6 Å². The molecule has 0 saturated carbocycles. The second-order valence-corrected chi connectivity index (χ2v) is 8.27. The monoisotopic (exact) mass is 442 g/mol. The minimum Gasteiger partial charge on any atom is -0.378 e. The molecule has 4 rings (SSSR count). The lowest BCUT2D eigenvalue weighted by molar-refractivity contribution is 0.122. The minimum atomic E-state index is 0.337. The van der Waals surface area contributed by atoms with Gasteiger partial charge in [0.25, 0.3) is 0 Å². The van der Waals surface area contributed by atoms with E-state index in [0.29, 0.717) is 12.6 Å². The number of morpholine rings is 1. The summed E-state index contributed by atoms with van der Waals surface area (Å²) >= 11 is 6.17. The third-order valence-electron chi connectivity index (χ3n) is 5.63. The van der Waals surface area contributed by atoms with Crippen molar-refractivity contribution in [3.8, 4) is 0 Å². The summed E-state index contributed by atoms with van der Waals surface area (Å²) in [5.41, 5.74) is 2.30. The van der Waals surface area contributed by atoms with Crippen LogP contribution < -0.4 is 20.4 Å². The zero-order valence-electron chi connectivity index (χ0n) is 18.1. The topological polar surface area (TPSA) is 65.0 Å². The second-order valence-electron chi connectivity index (χ2n) is 7.84. The molecule has 2 aliphatic rings. The average molecular weight is 443 g/mol. The maximum atomic E-state index is 6.17. The molecule has 0 radical (unpaired) electrons. The first kappa shape index (κ1) is 21.7. The molecule has 8 heteroatoms. The summed E-state index contributed by atoms with van der Waals surface area (Å²) in [4.78, 5) is 14.1. The molecule has 7 nitrogen and oxygen atoms in total. The largest absolute Gasteiger partial charge is 0.378 e. The highest BCUT2D eigenvalue weighted by molar-refractivity contribution is 6.30. The zero-order valence-corrected chi connectivity index (χ0v) is 18.8. The molecule has 2 N–H and O–H groups in total. The summed E-state index contributed by atoms with van der Waals surface area (Å²) in [6, 6.07) is 12.5. The van der Waals surface area contributed by atoms with Crippen LogP contribution in [0.25, 0.3) is 0 Å². The summed E-state index contributed by atoms with van der Waals surface area (Å²) in [7, 11) is 0. The zero-order chi connectivity index (χ0) is 21.5. The first-order valence-electron chi connectivity index (χ1n) is 11.0. The lowest BCUT2D eigenvalue weighted by atomic mass is 10.2. The van der Waals surface area contributed by atoms with Gasteiger partial charge in [0.2, 0.25) is 0 Å². The van der Waals surface area contributed by atoms with Crippen molar-refractivity contribution in [3.05, 3.63) is 53.2 Å². The number of hydrogen-bond acceptors (Lipinski definition) is 5. The molecule has 1 aromatic carbocycles. The number of aliphatic imine (C=N–C) groups is 1. The number of pyridine rings is 1. The highest BCUT2D eigenvalue weighted by Gasteiger charge is 2.24.